The summed E-state index contributed by atoms with van der Waals surface area (Å²) in [6.45, 7) is 0.334. The third-order valence-corrected chi connectivity index (χ3v) is 4.97. The molecule has 0 aliphatic heterocycles. The molecule has 0 spiro atoms. The molecule has 0 radical (unpaired) electrons. The summed E-state index contributed by atoms with van der Waals surface area (Å²) in [5.74, 6) is -0.741. The lowest BCUT2D eigenvalue weighted by Crippen LogP contribution is -2.32. The number of anilines is 1. The van der Waals surface area contributed by atoms with Gasteiger partial charge in [0, 0.05) is 43.4 Å². The molecule has 0 unspecified atom stereocenters. The standard InChI is InChI=1S/C15H19Br2N4O7P/c1-19(6-7-28-29(25,26)27)15(22)12-9-13(20(4-2-16)5-3-17)11(10-18)8-14(12)21(23)24/h8-9H,2-7H2,1H3,(H2,25,26,27). The summed E-state index contributed by atoms with van der Waals surface area (Å²) in [5, 5.41) is 22.0. The van der Waals surface area contributed by atoms with Crippen LogP contribution in [0.3, 0.4) is 0 Å². The first-order chi connectivity index (χ1) is 13.6. The summed E-state index contributed by atoms with van der Waals surface area (Å²) >= 11 is 6.63. The Bertz CT molecular complexity index is 837. The maximum atomic E-state index is 12.8. The van der Waals surface area contributed by atoms with Crippen molar-refractivity contribution < 1.29 is 28.6 Å². The van der Waals surface area contributed by atoms with Crippen LogP contribution in [-0.2, 0) is 9.09 Å². The molecule has 0 bridgehead atoms. The first-order valence-corrected chi connectivity index (χ1v) is 11.9. The highest BCUT2D eigenvalue weighted by atomic mass is 79.9. The van der Waals surface area contributed by atoms with Crippen LogP contribution in [-0.4, -0.2) is 69.5 Å². The second-order valence-electron chi connectivity index (χ2n) is 5.67. The van der Waals surface area contributed by atoms with E-state index < -0.39 is 30.9 Å². The van der Waals surface area contributed by atoms with Crippen LogP contribution in [0.15, 0.2) is 12.1 Å². The van der Waals surface area contributed by atoms with Crippen LogP contribution in [0.25, 0.3) is 0 Å². The number of halogens is 2. The maximum absolute atomic E-state index is 12.8. The van der Waals surface area contributed by atoms with E-state index in [2.05, 4.69) is 36.4 Å². The number of likely N-dealkylation sites (N-methyl/N-ethyl adjacent to an activating group) is 1. The molecule has 11 nitrogen and oxygen atoms in total. The molecule has 1 rings (SSSR count). The monoisotopic (exact) mass is 556 g/mol. The summed E-state index contributed by atoms with van der Waals surface area (Å²) in [7, 11) is -3.37. The lowest BCUT2D eigenvalue weighted by molar-refractivity contribution is -0.385. The van der Waals surface area contributed by atoms with E-state index in [4.69, 9.17) is 9.79 Å². The summed E-state index contributed by atoms with van der Waals surface area (Å²) in [5.41, 5.74) is -0.338. The fourth-order valence-electron chi connectivity index (χ4n) is 2.41. The van der Waals surface area contributed by atoms with E-state index >= 15 is 0 Å². The van der Waals surface area contributed by atoms with Gasteiger partial charge in [0.15, 0.2) is 0 Å². The second-order valence-corrected chi connectivity index (χ2v) is 8.50. The number of hydrogen-bond acceptors (Lipinski definition) is 7. The number of nitro benzene ring substituents is 1. The van der Waals surface area contributed by atoms with Gasteiger partial charge in [-0.15, -0.1) is 0 Å². The number of rotatable bonds is 11. The van der Waals surface area contributed by atoms with Gasteiger partial charge in [0.2, 0.25) is 0 Å². The van der Waals surface area contributed by atoms with Gasteiger partial charge < -0.3 is 19.6 Å². The number of hydrogen-bond donors (Lipinski definition) is 2. The van der Waals surface area contributed by atoms with Crippen molar-refractivity contribution in [3.05, 3.63) is 33.4 Å². The van der Waals surface area contributed by atoms with Crippen LogP contribution in [0.5, 0.6) is 0 Å². The van der Waals surface area contributed by atoms with Gasteiger partial charge in [0.05, 0.1) is 22.8 Å². The number of nitriles is 1. The van der Waals surface area contributed by atoms with E-state index in [-0.39, 0.29) is 17.7 Å². The van der Waals surface area contributed by atoms with E-state index in [1.54, 1.807) is 4.90 Å². The number of phosphoric acid groups is 1. The number of phosphoric ester groups is 1. The number of carbonyl (C=O) groups is 1. The van der Waals surface area contributed by atoms with Gasteiger partial charge in [-0.25, -0.2) is 4.57 Å². The van der Waals surface area contributed by atoms with Gasteiger partial charge in [0.25, 0.3) is 11.6 Å². The number of nitrogens with zero attached hydrogens (tertiary/aromatic N) is 4. The Morgan fingerprint density at radius 2 is 1.90 bits per heavy atom. The molecule has 1 aromatic rings. The Morgan fingerprint density at radius 3 is 2.34 bits per heavy atom. The predicted octanol–water partition coefficient (Wildman–Crippen LogP) is 2.24. The minimum atomic E-state index is -4.69. The van der Waals surface area contributed by atoms with Gasteiger partial charge in [0.1, 0.15) is 11.6 Å². The van der Waals surface area contributed by atoms with Crippen LogP contribution in [0.1, 0.15) is 15.9 Å². The highest BCUT2D eigenvalue weighted by Crippen LogP contribution is 2.35. The minimum absolute atomic E-state index is 0.0580. The quantitative estimate of drug-likeness (QED) is 0.180. The summed E-state index contributed by atoms with van der Waals surface area (Å²) in [6, 6.07) is 4.28. The highest BCUT2D eigenvalue weighted by Gasteiger charge is 2.27. The topological polar surface area (TPSA) is 157 Å². The molecule has 0 atom stereocenters. The number of amides is 1. The molecule has 0 heterocycles. The number of benzene rings is 1. The van der Waals surface area contributed by atoms with Gasteiger partial charge >= 0.3 is 7.82 Å². The number of nitro groups is 1. The second kappa shape index (κ2) is 11.6. The van der Waals surface area contributed by atoms with E-state index in [0.29, 0.717) is 29.4 Å². The molecule has 2 N–H and O–H groups in total. The Labute approximate surface area is 183 Å². The molecule has 0 saturated heterocycles. The molecule has 0 saturated carbocycles. The molecule has 160 valence electrons. The van der Waals surface area contributed by atoms with Crippen LogP contribution < -0.4 is 4.90 Å². The lowest BCUT2D eigenvalue weighted by Gasteiger charge is -2.25. The van der Waals surface area contributed by atoms with Crippen LogP contribution in [0.2, 0.25) is 0 Å². The van der Waals surface area contributed by atoms with Gasteiger partial charge in [-0.2, -0.15) is 5.26 Å². The average molecular weight is 558 g/mol. The summed E-state index contributed by atoms with van der Waals surface area (Å²) in [4.78, 5) is 43.8. The largest absolute Gasteiger partial charge is 0.469 e. The lowest BCUT2D eigenvalue weighted by atomic mass is 10.0. The van der Waals surface area contributed by atoms with Crippen molar-refractivity contribution in [3.63, 3.8) is 0 Å². The van der Waals surface area contributed by atoms with E-state index in [1.807, 2.05) is 6.07 Å². The third kappa shape index (κ3) is 7.65. The zero-order chi connectivity index (χ0) is 22.2. The summed E-state index contributed by atoms with van der Waals surface area (Å²) in [6.07, 6.45) is 0. The normalized spacial score (nSPS) is 11.0. The molecule has 0 aliphatic rings. The van der Waals surface area contributed by atoms with Crippen molar-refractivity contribution in [1.29, 1.82) is 5.26 Å². The van der Waals surface area contributed by atoms with Crippen molar-refractivity contribution in [2.24, 2.45) is 0 Å². The summed E-state index contributed by atoms with van der Waals surface area (Å²) < 4.78 is 15.0. The fraction of sp³-hybridized carbons (Fsp3) is 0.467. The molecule has 14 heteroatoms. The molecule has 0 aromatic heterocycles. The Kier molecular flexibility index (Phi) is 10.2. The van der Waals surface area contributed by atoms with Crippen molar-refractivity contribution in [2.45, 2.75) is 0 Å². The van der Waals surface area contributed by atoms with Crippen molar-refractivity contribution in [3.8, 4) is 6.07 Å². The number of carbonyl (C=O) groups excluding carboxylic acids is 1. The van der Waals surface area contributed by atoms with E-state index in [0.717, 1.165) is 11.0 Å². The smallest absolute Gasteiger partial charge is 0.369 e. The first kappa shape index (κ1) is 25.5. The minimum Gasteiger partial charge on any atom is -0.369 e. The van der Waals surface area contributed by atoms with Crippen LogP contribution in [0, 0.1) is 21.4 Å². The Morgan fingerprint density at radius 1 is 1.31 bits per heavy atom. The maximum Gasteiger partial charge on any atom is 0.469 e. The molecule has 1 aromatic carbocycles. The van der Waals surface area contributed by atoms with Gasteiger partial charge in [-0.1, -0.05) is 31.9 Å². The first-order valence-electron chi connectivity index (χ1n) is 8.10. The van der Waals surface area contributed by atoms with Crippen LogP contribution >= 0.6 is 39.7 Å². The van der Waals surface area contributed by atoms with Gasteiger partial charge in [-0.05, 0) is 6.07 Å². The molecular formula is C15H19Br2N4O7P. The third-order valence-electron chi connectivity index (χ3n) is 3.74. The zero-order valence-electron chi connectivity index (χ0n) is 15.3. The Balaban J connectivity index is 3.33. The van der Waals surface area contributed by atoms with Crippen molar-refractivity contribution in [1.82, 2.24) is 4.90 Å². The SMILES string of the molecule is CN(CCOP(=O)(O)O)C(=O)c1cc(N(CCBr)CCBr)c(C#N)cc1[N+](=O)[O-]. The average Bonchev–Trinajstić information content (AvgIpc) is 2.64. The highest BCUT2D eigenvalue weighted by molar-refractivity contribution is 9.09. The fourth-order valence-corrected chi connectivity index (χ4v) is 3.59. The molecule has 0 fully saturated rings. The number of alkyl halides is 2. The van der Waals surface area contributed by atoms with E-state index in [9.17, 15) is 24.7 Å². The Hall–Kier alpha value is -1.55. The molecule has 29 heavy (non-hydrogen) atoms. The zero-order valence-corrected chi connectivity index (χ0v) is 19.4. The molecule has 1 amide bonds. The van der Waals surface area contributed by atoms with E-state index in [1.165, 1.54) is 13.1 Å². The predicted molar refractivity (Wildman–Crippen MR) is 113 cm³/mol. The van der Waals surface area contributed by atoms with Crippen molar-refractivity contribution in [2.75, 3.05) is 48.8 Å². The molecule has 0 aliphatic carbocycles. The van der Waals surface area contributed by atoms with Crippen molar-refractivity contribution >= 4 is 57.0 Å². The molecular weight excluding hydrogens is 539 g/mol. The van der Waals surface area contributed by atoms with Gasteiger partial charge in [-0.3, -0.25) is 19.4 Å². The van der Waals surface area contributed by atoms with Crippen LogP contribution in [0.4, 0.5) is 11.4 Å².